The summed E-state index contributed by atoms with van der Waals surface area (Å²) >= 11 is 0. The number of nitrogens with one attached hydrogen (secondary N) is 2. The van der Waals surface area contributed by atoms with Gasteiger partial charge in [-0.1, -0.05) is 97.1 Å². The van der Waals surface area contributed by atoms with Crippen LogP contribution in [0.15, 0.2) is 109 Å². The van der Waals surface area contributed by atoms with Crippen LogP contribution in [0.3, 0.4) is 0 Å². The van der Waals surface area contributed by atoms with Crippen LogP contribution in [0.4, 0.5) is 10.5 Å². The maximum Gasteiger partial charge on any atom is 0.319 e. The predicted molar refractivity (Wildman–Crippen MR) is 175 cm³/mol. The highest BCUT2D eigenvalue weighted by atomic mass is 16.7. The van der Waals surface area contributed by atoms with Gasteiger partial charge < -0.3 is 25.2 Å². The zero-order valence-electron chi connectivity index (χ0n) is 25.6. The molecule has 3 N–H and O–H groups in total. The molecule has 2 heterocycles. The van der Waals surface area contributed by atoms with Gasteiger partial charge in [0.1, 0.15) is 0 Å². The maximum absolute atomic E-state index is 12.5. The number of amides is 2. The molecule has 0 unspecified atom stereocenters. The summed E-state index contributed by atoms with van der Waals surface area (Å²) in [6.45, 7) is 6.35. The molecule has 3 atom stereocenters. The van der Waals surface area contributed by atoms with Crippen molar-refractivity contribution in [2.24, 2.45) is 0 Å². The van der Waals surface area contributed by atoms with E-state index in [1.807, 2.05) is 78.9 Å². The van der Waals surface area contributed by atoms with Crippen molar-refractivity contribution in [3.8, 4) is 0 Å². The Hall–Kier alpha value is -4.05. The lowest BCUT2D eigenvalue weighted by Gasteiger charge is -2.40. The van der Waals surface area contributed by atoms with E-state index in [0.717, 1.165) is 67.9 Å². The number of anilines is 1. The zero-order valence-corrected chi connectivity index (χ0v) is 25.6. The Morgan fingerprint density at radius 2 is 1.33 bits per heavy atom. The molecule has 0 bridgehead atoms. The number of hydrogen-bond donors (Lipinski definition) is 3. The standard InChI is InChI=1S/C37H42N4O4/c42-27-30-11-13-31(14-12-30)35-23-34(26-41-21-19-40(20-22-41)25-29-9-5-2-6-10-29)44-36(45-35)32-15-17-33(18-16-32)39-37(43)38-24-28-7-3-1-4-8-28/h1-18,34-36,42H,19-27H2,(H2,38,39,43)/t34-,35+,36+/m1/s1. The molecule has 8 heteroatoms. The fourth-order valence-electron chi connectivity index (χ4n) is 5.97. The van der Waals surface area contributed by atoms with Gasteiger partial charge in [-0.3, -0.25) is 9.80 Å². The summed E-state index contributed by atoms with van der Waals surface area (Å²) in [6.07, 6.45) is 0.0722. The molecule has 0 saturated carbocycles. The van der Waals surface area contributed by atoms with Crippen molar-refractivity contribution < 1.29 is 19.4 Å². The summed E-state index contributed by atoms with van der Waals surface area (Å²) in [6, 6.07) is 35.9. The number of aliphatic hydroxyl groups is 1. The van der Waals surface area contributed by atoms with Gasteiger partial charge in [0.25, 0.3) is 0 Å². The second kappa shape index (κ2) is 15.3. The van der Waals surface area contributed by atoms with Gasteiger partial charge in [-0.25, -0.2) is 4.79 Å². The van der Waals surface area contributed by atoms with Crippen molar-refractivity contribution in [2.75, 3.05) is 38.0 Å². The monoisotopic (exact) mass is 606 g/mol. The predicted octanol–water partition coefficient (Wildman–Crippen LogP) is 5.86. The Kier molecular flexibility index (Phi) is 10.5. The molecule has 0 aromatic heterocycles. The Morgan fingerprint density at radius 1 is 0.711 bits per heavy atom. The van der Waals surface area contributed by atoms with Crippen LogP contribution in [0.1, 0.15) is 46.6 Å². The van der Waals surface area contributed by atoms with Crippen LogP contribution in [0.5, 0.6) is 0 Å². The number of rotatable bonds is 10. The van der Waals surface area contributed by atoms with Gasteiger partial charge in [-0.2, -0.15) is 0 Å². The minimum Gasteiger partial charge on any atom is -0.392 e. The minimum absolute atomic E-state index is 0.00601. The smallest absolute Gasteiger partial charge is 0.319 e. The number of piperazine rings is 1. The molecule has 0 spiro atoms. The van der Waals surface area contributed by atoms with Crippen LogP contribution in [0, 0.1) is 0 Å². The SMILES string of the molecule is O=C(NCc1ccccc1)Nc1ccc([C@H]2O[C@@H](CN3CCN(Cc4ccccc4)CC3)C[C@@H](c3ccc(CO)cc3)O2)cc1. The first-order valence-corrected chi connectivity index (χ1v) is 15.8. The number of urea groups is 1. The molecule has 6 rings (SSSR count). The molecule has 234 valence electrons. The number of carbonyl (C=O) groups is 1. The number of carbonyl (C=O) groups excluding carboxylic acids is 1. The quantitative estimate of drug-likeness (QED) is 0.210. The molecule has 2 amide bonds. The summed E-state index contributed by atoms with van der Waals surface area (Å²) in [5, 5.41) is 15.3. The van der Waals surface area contributed by atoms with Crippen molar-refractivity contribution in [2.45, 2.75) is 44.6 Å². The highest BCUT2D eigenvalue weighted by Gasteiger charge is 2.33. The van der Waals surface area contributed by atoms with Crippen LogP contribution in [-0.2, 0) is 29.2 Å². The van der Waals surface area contributed by atoms with Crippen molar-refractivity contribution in [3.05, 3.63) is 137 Å². The van der Waals surface area contributed by atoms with Crippen molar-refractivity contribution in [3.63, 3.8) is 0 Å². The van der Waals surface area contributed by atoms with E-state index in [1.54, 1.807) is 0 Å². The molecule has 2 aliphatic heterocycles. The number of nitrogens with zero attached hydrogens (tertiary/aromatic N) is 2. The highest BCUT2D eigenvalue weighted by molar-refractivity contribution is 5.89. The normalized spacial score (nSPS) is 20.9. The van der Waals surface area contributed by atoms with Crippen LogP contribution < -0.4 is 10.6 Å². The van der Waals surface area contributed by atoms with Gasteiger partial charge in [0.15, 0.2) is 6.29 Å². The lowest BCUT2D eigenvalue weighted by Crippen LogP contribution is -2.49. The lowest BCUT2D eigenvalue weighted by atomic mass is 9.99. The van der Waals surface area contributed by atoms with E-state index in [2.05, 4.69) is 50.8 Å². The Morgan fingerprint density at radius 3 is 2.00 bits per heavy atom. The lowest BCUT2D eigenvalue weighted by molar-refractivity contribution is -0.253. The minimum atomic E-state index is -0.536. The van der Waals surface area contributed by atoms with E-state index < -0.39 is 6.29 Å². The molecular formula is C37H42N4O4. The number of ether oxygens (including phenoxy) is 2. The number of hydrogen-bond acceptors (Lipinski definition) is 6. The van der Waals surface area contributed by atoms with Gasteiger partial charge in [-0.15, -0.1) is 0 Å². The molecular weight excluding hydrogens is 564 g/mol. The van der Waals surface area contributed by atoms with Crippen LogP contribution in [-0.4, -0.2) is 59.8 Å². The fourth-order valence-corrected chi connectivity index (χ4v) is 5.97. The first-order chi connectivity index (χ1) is 22.1. The molecule has 0 radical (unpaired) electrons. The molecule has 45 heavy (non-hydrogen) atoms. The first kappa shape index (κ1) is 31.0. The van der Waals surface area contributed by atoms with Gasteiger partial charge >= 0.3 is 6.03 Å². The van der Waals surface area contributed by atoms with Crippen molar-refractivity contribution in [1.82, 2.24) is 15.1 Å². The number of benzene rings is 4. The maximum atomic E-state index is 12.5. The molecule has 2 saturated heterocycles. The van der Waals surface area contributed by atoms with E-state index in [1.165, 1.54) is 5.56 Å². The Labute approximate surface area is 265 Å². The van der Waals surface area contributed by atoms with E-state index in [0.29, 0.717) is 12.2 Å². The van der Waals surface area contributed by atoms with Crippen LogP contribution in [0.2, 0.25) is 0 Å². The van der Waals surface area contributed by atoms with Crippen molar-refractivity contribution >= 4 is 11.7 Å². The topological polar surface area (TPSA) is 86.3 Å². The average Bonchev–Trinajstić information content (AvgIpc) is 3.09. The highest BCUT2D eigenvalue weighted by Crippen LogP contribution is 2.38. The molecule has 4 aromatic rings. The largest absolute Gasteiger partial charge is 0.392 e. The Balaban J connectivity index is 1.08. The van der Waals surface area contributed by atoms with Crippen molar-refractivity contribution in [1.29, 1.82) is 0 Å². The average molecular weight is 607 g/mol. The molecule has 2 fully saturated rings. The van der Waals surface area contributed by atoms with Gasteiger partial charge in [-0.05, 0) is 34.4 Å². The molecule has 2 aliphatic rings. The number of aliphatic hydroxyl groups excluding tert-OH is 1. The summed E-state index contributed by atoms with van der Waals surface area (Å²) in [7, 11) is 0. The van der Waals surface area contributed by atoms with Gasteiger partial charge in [0.05, 0.1) is 18.8 Å². The summed E-state index contributed by atoms with van der Waals surface area (Å²) in [5.41, 5.74) is 5.94. The molecule has 0 aliphatic carbocycles. The van der Waals surface area contributed by atoms with E-state index in [4.69, 9.17) is 9.47 Å². The van der Waals surface area contributed by atoms with Crippen LogP contribution >= 0.6 is 0 Å². The van der Waals surface area contributed by atoms with Gasteiger partial charge in [0, 0.05) is 63.5 Å². The third kappa shape index (κ3) is 8.78. The summed E-state index contributed by atoms with van der Waals surface area (Å²) in [4.78, 5) is 17.5. The second-order valence-electron chi connectivity index (χ2n) is 11.8. The van der Waals surface area contributed by atoms with E-state index in [9.17, 15) is 9.90 Å². The second-order valence-corrected chi connectivity index (χ2v) is 11.8. The third-order valence-electron chi connectivity index (χ3n) is 8.53. The Bertz CT molecular complexity index is 1480. The molecule has 8 nitrogen and oxygen atoms in total. The van der Waals surface area contributed by atoms with E-state index in [-0.39, 0.29) is 24.8 Å². The zero-order chi connectivity index (χ0) is 30.8. The van der Waals surface area contributed by atoms with Crippen LogP contribution in [0.25, 0.3) is 0 Å². The van der Waals surface area contributed by atoms with E-state index >= 15 is 0 Å². The fraction of sp³-hybridized carbons (Fsp3) is 0.324. The summed E-state index contributed by atoms with van der Waals surface area (Å²) in [5.74, 6) is 0. The third-order valence-corrected chi connectivity index (χ3v) is 8.53. The summed E-state index contributed by atoms with van der Waals surface area (Å²) < 4.78 is 13.1. The first-order valence-electron chi connectivity index (χ1n) is 15.8. The van der Waals surface area contributed by atoms with Gasteiger partial charge in [0.2, 0.25) is 0 Å². The molecule has 4 aromatic carbocycles.